The largest absolute Gasteiger partial charge is 0.507 e. The molecule has 21 heteroatoms. The third-order valence-corrected chi connectivity index (χ3v) is 30.3. The number of esters is 5. The standard InChI is InChI=1S/C38H50O8.C37H54O6.C27H38O7.6CH4/c1-7-36(2,3)35(39)46-38-17-26-10-27(18-38)16-37(15-26,24-38)45-23-29-13-28-8-9-43-33(28)14-30(29)22-44-34-31(20-41-5)11-25(19-40-4)12-32(34)21-42-6;1-4-35(2,3)33(38)43-37-21-26-18-27(22-37)20-36(19-26,25-37)34(39)42-32-28(23-40-30-14-7-5-8-15-30)12-11-13-29(32)24-41-31-16-9-6-10-17-31;1-5-17(2)24(29)34-27-11-19-6-20(12-27)10-26(9-19,16-27)25(30)33-13-18-7-21(14-31-3)23(28)22(8-18)15-32-4;;;;;;/h8-9,11-14,26-27H,7,10,15-24H2,1-6H3;11-13,26-27,30-31H,4-10,14-25H2,1-3H3;7-8,17,19-20,28H,5-6,9-16H2,1-4H3;6*1H4. The van der Waals surface area contributed by atoms with Crippen molar-refractivity contribution in [1.82, 2.24) is 0 Å². The van der Waals surface area contributed by atoms with Gasteiger partial charge in [-0.25, -0.2) is 0 Å². The fraction of sp³-hybridized carbons (Fsp3) is 0.713. The number of hydrogen-bond donors (Lipinski definition) is 1. The fourth-order valence-corrected chi connectivity index (χ4v) is 24.3. The maximum atomic E-state index is 14.4. The number of phenolic OH excluding ortho intramolecular Hbond substituents is 1. The van der Waals surface area contributed by atoms with Crippen LogP contribution < -0.4 is 9.47 Å². The minimum atomic E-state index is -0.612. The van der Waals surface area contributed by atoms with Crippen LogP contribution in [0.1, 0.15) is 355 Å². The summed E-state index contributed by atoms with van der Waals surface area (Å²) < 4.78 is 90.5. The van der Waals surface area contributed by atoms with Gasteiger partial charge in [0, 0.05) is 93.6 Å². The second kappa shape index (κ2) is 45.9. The first kappa shape index (κ1) is 107. The number of rotatable bonds is 36. The quantitative estimate of drug-likeness (QED) is 0.0222. The Morgan fingerprint density at radius 1 is 0.434 bits per heavy atom. The molecule has 0 amide bonds. The maximum Gasteiger partial charge on any atom is 0.317 e. The van der Waals surface area contributed by atoms with Crippen molar-refractivity contribution in [2.45, 2.75) is 400 Å². The van der Waals surface area contributed by atoms with Crippen molar-refractivity contribution in [3.05, 3.63) is 123 Å². The lowest BCUT2D eigenvalue weighted by Gasteiger charge is -2.61. The molecule has 1 aromatic heterocycles. The predicted molar refractivity (Wildman–Crippen MR) is 505 cm³/mol. The van der Waals surface area contributed by atoms with E-state index >= 15 is 0 Å². The van der Waals surface area contributed by atoms with Crippen LogP contribution in [0.5, 0.6) is 17.2 Å². The minimum Gasteiger partial charge on any atom is -0.507 e. The van der Waals surface area contributed by atoms with E-state index in [1.54, 1.807) is 53.9 Å². The van der Waals surface area contributed by atoms with Crippen molar-refractivity contribution in [3.8, 4) is 17.2 Å². The smallest absolute Gasteiger partial charge is 0.317 e. The number of benzene rings is 4. The van der Waals surface area contributed by atoms with Gasteiger partial charge in [0.1, 0.15) is 52.8 Å². The summed E-state index contributed by atoms with van der Waals surface area (Å²) in [6, 6.07) is 20.1. The number of aromatic hydroxyl groups is 1. The molecule has 4 aromatic carbocycles. The summed E-state index contributed by atoms with van der Waals surface area (Å²) in [6.07, 6.45) is 32.4. The molecule has 5 aromatic rings. The molecule has 0 spiro atoms. The second-order valence-corrected chi connectivity index (χ2v) is 41.0. The number of phenols is 1. The van der Waals surface area contributed by atoms with Crippen molar-refractivity contribution in [1.29, 1.82) is 0 Å². The molecule has 0 saturated heterocycles. The van der Waals surface area contributed by atoms with E-state index in [9.17, 15) is 29.1 Å². The van der Waals surface area contributed by atoms with Crippen LogP contribution in [0.15, 0.2) is 71.3 Å². The Hall–Kier alpha value is -6.95. The Balaban J connectivity index is 0.000000236. The highest BCUT2D eigenvalue weighted by Gasteiger charge is 2.66. The summed E-state index contributed by atoms with van der Waals surface area (Å²) >= 11 is 0. The van der Waals surface area contributed by atoms with Gasteiger partial charge in [-0.3, -0.25) is 24.0 Å². The van der Waals surface area contributed by atoms with Gasteiger partial charge in [0.25, 0.3) is 0 Å². The molecule has 14 saturated carbocycles. The summed E-state index contributed by atoms with van der Waals surface area (Å²) in [7, 11) is 8.19. The Morgan fingerprint density at radius 3 is 1.30 bits per heavy atom. The third-order valence-electron chi connectivity index (χ3n) is 30.3. The van der Waals surface area contributed by atoms with E-state index in [1.807, 2.05) is 72.7 Å². The summed E-state index contributed by atoms with van der Waals surface area (Å²) in [5.74, 6) is 3.34. The highest BCUT2D eigenvalue weighted by molar-refractivity contribution is 5.82. The number of hydrogen-bond acceptors (Lipinski definition) is 21. The van der Waals surface area contributed by atoms with Gasteiger partial charge < -0.3 is 75.8 Å². The molecule has 7 atom stereocenters. The highest BCUT2D eigenvalue weighted by atomic mass is 16.6. The van der Waals surface area contributed by atoms with Crippen molar-refractivity contribution in [2.75, 3.05) is 35.5 Å². The van der Waals surface area contributed by atoms with E-state index < -0.39 is 38.5 Å². The fourth-order valence-electron chi connectivity index (χ4n) is 24.3. The van der Waals surface area contributed by atoms with Gasteiger partial charge in [0.2, 0.25) is 0 Å². The average Bonchev–Trinajstić information content (AvgIpc) is 1.16. The van der Waals surface area contributed by atoms with Gasteiger partial charge in [0.05, 0.1) is 105 Å². The van der Waals surface area contributed by atoms with Crippen LogP contribution in [-0.2, 0) is 147 Å². The van der Waals surface area contributed by atoms with Crippen LogP contribution in [0.2, 0.25) is 0 Å². The normalized spacial score (nSPS) is 27.4. The van der Waals surface area contributed by atoms with Crippen LogP contribution in [0.25, 0.3) is 11.0 Å². The highest BCUT2D eigenvalue weighted by Crippen LogP contribution is 2.66. The van der Waals surface area contributed by atoms with E-state index in [4.69, 9.17) is 70.7 Å². The van der Waals surface area contributed by atoms with Gasteiger partial charge in [-0.2, -0.15) is 0 Å². The summed E-state index contributed by atoms with van der Waals surface area (Å²) in [6.45, 7) is 19.5. The lowest BCUT2D eigenvalue weighted by molar-refractivity contribution is -0.241. The molecular formula is C108H166O21. The van der Waals surface area contributed by atoms with E-state index in [2.05, 4.69) is 31.2 Å². The summed E-state index contributed by atoms with van der Waals surface area (Å²) in [5, 5.41) is 11.5. The van der Waals surface area contributed by atoms with Gasteiger partial charge in [-0.05, 0) is 269 Å². The molecule has 1 heterocycles. The average molecular weight is 1800 g/mol. The maximum absolute atomic E-state index is 14.4. The topological polar surface area (TPSA) is 248 Å². The van der Waals surface area contributed by atoms with Gasteiger partial charge >= 0.3 is 29.8 Å². The minimum absolute atomic E-state index is 0. The number of para-hydroxylation sites is 1. The van der Waals surface area contributed by atoms with Crippen LogP contribution >= 0.6 is 0 Å². The van der Waals surface area contributed by atoms with Gasteiger partial charge in [-0.1, -0.05) is 129 Å². The number of ether oxygens (including phenoxy) is 14. The molecule has 1 N–H and O–H groups in total. The zero-order valence-corrected chi connectivity index (χ0v) is 76.2. The molecule has 21 nitrogen and oxygen atoms in total. The first-order valence-corrected chi connectivity index (χ1v) is 46.6. The first-order chi connectivity index (χ1) is 59.0. The number of carbonyl (C=O) groups is 5. The molecule has 0 radical (unpaired) electrons. The van der Waals surface area contributed by atoms with E-state index in [1.165, 1.54) is 44.9 Å². The molecule has 14 aliphatic carbocycles. The zero-order chi connectivity index (χ0) is 87.1. The summed E-state index contributed by atoms with van der Waals surface area (Å²) in [5.41, 5.74) is 5.73. The van der Waals surface area contributed by atoms with Crippen molar-refractivity contribution in [3.63, 3.8) is 0 Å². The Bertz CT molecular complexity index is 4340. The zero-order valence-electron chi connectivity index (χ0n) is 76.2. The monoisotopic (exact) mass is 1800 g/mol. The second-order valence-electron chi connectivity index (χ2n) is 41.0. The molecule has 7 unspecified atom stereocenters. The molecule has 14 fully saturated rings. The predicted octanol–water partition coefficient (Wildman–Crippen LogP) is 25.1. The molecule has 724 valence electrons. The van der Waals surface area contributed by atoms with E-state index in [0.717, 1.165) is 202 Å². The lowest BCUT2D eigenvalue weighted by Crippen LogP contribution is -2.61. The third kappa shape index (κ3) is 24.8. The molecular weight excluding hydrogens is 1630 g/mol. The van der Waals surface area contributed by atoms with Crippen LogP contribution in [0, 0.1) is 63.1 Å². The first-order valence-electron chi connectivity index (χ1n) is 46.6. The molecule has 14 aliphatic rings. The SMILES string of the molecule is C.C.C.C.C.C.CCC(C)(C)C(=O)OC12CC3CC(C1)CC(C(=O)Oc1c(COC4CCCCC4)cccc1COC1CCCCC1)(C3)C2.CCC(C)(C)C(=O)OC12CC3CC(CC(OCc4cc5ccoc5cc4COc4c(COC)cc(COC)cc4COC)(C3)C1)C2.CCC(C)C(=O)OC12CC3CC(C1)CC(C(=O)OCc1cc(COC)c(O)c(COC)c1)(C3)C2. The van der Waals surface area contributed by atoms with Crippen LogP contribution in [0.3, 0.4) is 0 Å². The summed E-state index contributed by atoms with van der Waals surface area (Å²) in [4.78, 5) is 67.1. The molecule has 19 rings (SSSR count). The number of methoxy groups -OCH3 is 5. The Morgan fingerprint density at radius 2 is 0.845 bits per heavy atom. The van der Waals surface area contributed by atoms with E-state index in [-0.39, 0.29) is 124 Å². The van der Waals surface area contributed by atoms with Gasteiger partial charge in [-0.15, -0.1) is 0 Å². The van der Waals surface area contributed by atoms with Crippen molar-refractivity contribution in [2.24, 2.45) is 63.1 Å². The molecule has 0 aliphatic heterocycles. The van der Waals surface area contributed by atoms with Crippen LogP contribution in [0.4, 0.5) is 0 Å². The molecule has 129 heavy (non-hydrogen) atoms. The van der Waals surface area contributed by atoms with Crippen LogP contribution in [-0.4, -0.2) is 105 Å². The number of carbonyl (C=O) groups excluding carboxylic acids is 5. The van der Waals surface area contributed by atoms with Gasteiger partial charge in [0.15, 0.2) is 0 Å². The van der Waals surface area contributed by atoms with E-state index in [0.29, 0.717) is 111 Å². The Labute approximate surface area is 774 Å². The number of furan rings is 1. The Kier molecular flexibility index (Phi) is 38.2. The van der Waals surface area contributed by atoms with Crippen molar-refractivity contribution >= 4 is 40.8 Å². The van der Waals surface area contributed by atoms with Crippen molar-refractivity contribution < 1.29 is 99.8 Å². The number of fused-ring (bicyclic) bond motifs is 1. The lowest BCUT2D eigenvalue weighted by atomic mass is 9.48. The molecule has 12 bridgehead atoms.